The van der Waals surface area contributed by atoms with Gasteiger partial charge in [-0.05, 0) is 57.0 Å². The Labute approximate surface area is 157 Å². The second-order valence-electron chi connectivity index (χ2n) is 6.42. The molecule has 1 aliphatic rings. The van der Waals surface area contributed by atoms with E-state index in [-0.39, 0.29) is 23.5 Å². The molecule has 0 bridgehead atoms. The van der Waals surface area contributed by atoms with Crippen LogP contribution in [0.2, 0.25) is 0 Å². The van der Waals surface area contributed by atoms with Gasteiger partial charge in [-0.2, -0.15) is 8.78 Å². The average Bonchev–Trinajstić information content (AvgIpc) is 2.63. The first kappa shape index (κ1) is 21.1. The van der Waals surface area contributed by atoms with Crippen LogP contribution >= 0.6 is 0 Å². The smallest absolute Gasteiger partial charge is 0.387 e. The number of hydrogen-bond acceptors (Lipinski definition) is 5. The SMILES string of the molecule is CCOC(=O)C1CCN(CC(=O)NCCc2ccc(OC(F)F)cc2)CC1. The van der Waals surface area contributed by atoms with Gasteiger partial charge in [-0.1, -0.05) is 12.1 Å². The number of piperidine rings is 1. The van der Waals surface area contributed by atoms with Crippen LogP contribution in [0.1, 0.15) is 25.3 Å². The summed E-state index contributed by atoms with van der Waals surface area (Å²) in [5.41, 5.74) is 0.923. The van der Waals surface area contributed by atoms with Crippen LogP contribution in [0.5, 0.6) is 5.75 Å². The zero-order chi connectivity index (χ0) is 19.6. The van der Waals surface area contributed by atoms with Crippen LogP contribution in [0.4, 0.5) is 8.78 Å². The number of alkyl halides is 2. The third kappa shape index (κ3) is 7.50. The maximum Gasteiger partial charge on any atom is 0.387 e. The summed E-state index contributed by atoms with van der Waals surface area (Å²) < 4.78 is 33.5. The summed E-state index contributed by atoms with van der Waals surface area (Å²) >= 11 is 0. The molecule has 1 N–H and O–H groups in total. The Morgan fingerprint density at radius 1 is 1.22 bits per heavy atom. The zero-order valence-corrected chi connectivity index (χ0v) is 15.5. The Kier molecular flexibility index (Phi) is 8.44. The number of carbonyl (C=O) groups is 2. The van der Waals surface area contributed by atoms with E-state index >= 15 is 0 Å². The minimum Gasteiger partial charge on any atom is -0.466 e. The summed E-state index contributed by atoms with van der Waals surface area (Å²) in [4.78, 5) is 25.8. The van der Waals surface area contributed by atoms with Crippen LogP contribution < -0.4 is 10.1 Å². The highest BCUT2D eigenvalue weighted by Gasteiger charge is 2.26. The maximum absolute atomic E-state index is 12.1. The highest BCUT2D eigenvalue weighted by atomic mass is 19.3. The summed E-state index contributed by atoms with van der Waals surface area (Å²) in [5.74, 6) is -0.168. The molecular weight excluding hydrogens is 358 g/mol. The Morgan fingerprint density at radius 3 is 2.48 bits per heavy atom. The van der Waals surface area contributed by atoms with E-state index in [2.05, 4.69) is 10.1 Å². The Balaban J connectivity index is 1.63. The van der Waals surface area contributed by atoms with Crippen LogP contribution in [0.3, 0.4) is 0 Å². The van der Waals surface area contributed by atoms with Crippen LogP contribution in [0.25, 0.3) is 0 Å². The summed E-state index contributed by atoms with van der Waals surface area (Å²) in [6.45, 7) is 1.51. The van der Waals surface area contributed by atoms with Gasteiger partial charge in [-0.25, -0.2) is 0 Å². The van der Waals surface area contributed by atoms with Gasteiger partial charge in [0.05, 0.1) is 19.1 Å². The third-order valence-electron chi connectivity index (χ3n) is 4.46. The lowest BCUT2D eigenvalue weighted by Gasteiger charge is -2.30. The first-order valence-electron chi connectivity index (χ1n) is 9.17. The van der Waals surface area contributed by atoms with Gasteiger partial charge >= 0.3 is 12.6 Å². The fraction of sp³-hybridized carbons (Fsp3) is 0.579. The fourth-order valence-corrected chi connectivity index (χ4v) is 3.03. The minimum absolute atomic E-state index is 0.0674. The molecule has 0 unspecified atom stereocenters. The van der Waals surface area contributed by atoms with E-state index in [0.29, 0.717) is 52.0 Å². The van der Waals surface area contributed by atoms with Gasteiger partial charge in [0.15, 0.2) is 0 Å². The number of hydrogen-bond donors (Lipinski definition) is 1. The molecule has 27 heavy (non-hydrogen) atoms. The molecule has 0 saturated carbocycles. The van der Waals surface area contributed by atoms with Gasteiger partial charge < -0.3 is 14.8 Å². The summed E-state index contributed by atoms with van der Waals surface area (Å²) in [6.07, 6.45) is 2.02. The minimum atomic E-state index is -2.84. The lowest BCUT2D eigenvalue weighted by molar-refractivity contribution is -0.149. The van der Waals surface area contributed by atoms with Gasteiger partial charge in [-0.3, -0.25) is 14.5 Å². The van der Waals surface area contributed by atoms with Gasteiger partial charge in [0.1, 0.15) is 5.75 Å². The zero-order valence-electron chi connectivity index (χ0n) is 15.5. The largest absolute Gasteiger partial charge is 0.466 e. The van der Waals surface area contributed by atoms with Crippen LogP contribution in [0.15, 0.2) is 24.3 Å². The van der Waals surface area contributed by atoms with Gasteiger partial charge in [-0.15, -0.1) is 0 Å². The van der Waals surface area contributed by atoms with E-state index < -0.39 is 6.61 Å². The number of amides is 1. The van der Waals surface area contributed by atoms with Gasteiger partial charge in [0.2, 0.25) is 5.91 Å². The molecule has 2 rings (SSSR count). The second-order valence-corrected chi connectivity index (χ2v) is 6.42. The number of nitrogens with zero attached hydrogens (tertiary/aromatic N) is 1. The number of rotatable bonds is 9. The molecule has 6 nitrogen and oxygen atoms in total. The van der Waals surface area contributed by atoms with Crippen molar-refractivity contribution >= 4 is 11.9 Å². The first-order chi connectivity index (χ1) is 13.0. The van der Waals surface area contributed by atoms with E-state index in [0.717, 1.165) is 5.56 Å². The Bertz CT molecular complexity index is 602. The second kappa shape index (κ2) is 10.8. The van der Waals surface area contributed by atoms with Crippen LogP contribution in [-0.4, -0.2) is 56.2 Å². The fourth-order valence-electron chi connectivity index (χ4n) is 3.03. The molecule has 1 amide bonds. The molecule has 0 radical (unpaired) electrons. The lowest BCUT2D eigenvalue weighted by atomic mass is 9.97. The van der Waals surface area contributed by atoms with Crippen molar-refractivity contribution in [2.75, 3.05) is 32.8 Å². The molecule has 0 aromatic heterocycles. The molecule has 1 heterocycles. The van der Waals surface area contributed by atoms with E-state index in [1.54, 1.807) is 19.1 Å². The van der Waals surface area contributed by atoms with Crippen LogP contribution in [-0.2, 0) is 20.7 Å². The van der Waals surface area contributed by atoms with Crippen molar-refractivity contribution in [2.45, 2.75) is 32.8 Å². The highest BCUT2D eigenvalue weighted by Crippen LogP contribution is 2.18. The molecule has 1 aromatic carbocycles. The number of likely N-dealkylation sites (tertiary alicyclic amines) is 1. The summed E-state index contributed by atoms with van der Waals surface area (Å²) in [7, 11) is 0. The number of halogens is 2. The average molecular weight is 384 g/mol. The predicted molar refractivity (Wildman–Crippen MR) is 95.6 cm³/mol. The highest BCUT2D eigenvalue weighted by molar-refractivity contribution is 5.78. The molecule has 1 aliphatic heterocycles. The molecule has 0 atom stereocenters. The van der Waals surface area contributed by atoms with E-state index in [4.69, 9.17) is 4.74 Å². The van der Waals surface area contributed by atoms with E-state index in [1.165, 1.54) is 12.1 Å². The van der Waals surface area contributed by atoms with Crippen molar-refractivity contribution in [1.82, 2.24) is 10.2 Å². The molecule has 0 spiro atoms. The molecule has 8 heteroatoms. The number of carbonyl (C=O) groups excluding carboxylic acids is 2. The number of esters is 1. The van der Waals surface area contributed by atoms with E-state index in [9.17, 15) is 18.4 Å². The lowest BCUT2D eigenvalue weighted by Crippen LogP contribution is -2.43. The Hall–Kier alpha value is -2.22. The topological polar surface area (TPSA) is 67.9 Å². The molecular formula is C19H26F2N2O4. The summed E-state index contributed by atoms with van der Waals surface area (Å²) in [5, 5.41) is 2.86. The molecule has 0 aliphatic carbocycles. The van der Waals surface area contributed by atoms with Crippen molar-refractivity contribution in [1.29, 1.82) is 0 Å². The molecule has 1 saturated heterocycles. The van der Waals surface area contributed by atoms with E-state index in [1.807, 2.05) is 4.90 Å². The van der Waals surface area contributed by atoms with Gasteiger partial charge in [0, 0.05) is 6.54 Å². The standard InChI is InChI=1S/C19H26F2N2O4/c1-2-26-18(25)15-8-11-23(12-9-15)13-17(24)22-10-7-14-3-5-16(6-4-14)27-19(20)21/h3-6,15,19H,2,7-13H2,1H3,(H,22,24). The molecule has 1 aromatic rings. The van der Waals surface area contributed by atoms with Crippen LogP contribution in [0, 0.1) is 5.92 Å². The number of ether oxygens (including phenoxy) is 2. The van der Waals surface area contributed by atoms with Crippen molar-refractivity contribution in [3.63, 3.8) is 0 Å². The number of nitrogens with one attached hydrogen (secondary N) is 1. The number of benzene rings is 1. The van der Waals surface area contributed by atoms with Crippen molar-refractivity contribution in [3.05, 3.63) is 29.8 Å². The van der Waals surface area contributed by atoms with Crippen molar-refractivity contribution < 1.29 is 27.8 Å². The Morgan fingerprint density at radius 2 is 1.89 bits per heavy atom. The maximum atomic E-state index is 12.1. The van der Waals surface area contributed by atoms with Crippen molar-refractivity contribution in [3.8, 4) is 5.75 Å². The predicted octanol–water partition coefficient (Wildman–Crippen LogP) is 2.22. The quantitative estimate of drug-likeness (QED) is 0.662. The monoisotopic (exact) mass is 384 g/mol. The third-order valence-corrected chi connectivity index (χ3v) is 4.46. The molecule has 150 valence electrons. The van der Waals surface area contributed by atoms with Gasteiger partial charge in [0.25, 0.3) is 0 Å². The first-order valence-corrected chi connectivity index (χ1v) is 9.17. The summed E-state index contributed by atoms with van der Waals surface area (Å²) in [6, 6.07) is 6.36. The van der Waals surface area contributed by atoms with Crippen molar-refractivity contribution in [2.24, 2.45) is 5.92 Å². The molecule has 1 fully saturated rings. The normalized spacial score (nSPS) is 15.6.